The van der Waals surface area contributed by atoms with Crippen molar-refractivity contribution in [2.75, 3.05) is 4.90 Å². The van der Waals surface area contributed by atoms with E-state index in [2.05, 4.69) is 254 Å². The smallest absolute Gasteiger partial charge is 0.0736 e. The average molecular weight is 912 g/mol. The summed E-state index contributed by atoms with van der Waals surface area (Å²) >= 11 is 3.78. The molecular formula is C66H41NS2. The fourth-order valence-electron chi connectivity index (χ4n) is 12.7. The van der Waals surface area contributed by atoms with E-state index in [1.54, 1.807) is 0 Å². The molecule has 322 valence electrons. The summed E-state index contributed by atoms with van der Waals surface area (Å²) in [6.07, 6.45) is 0. The molecule has 0 aromatic heterocycles. The van der Waals surface area contributed by atoms with Crippen LogP contribution in [0, 0.1) is 0 Å². The fourth-order valence-corrected chi connectivity index (χ4v) is 15.1. The van der Waals surface area contributed by atoms with Gasteiger partial charge in [-0.1, -0.05) is 212 Å². The molecule has 3 heteroatoms. The lowest BCUT2D eigenvalue weighted by Gasteiger charge is -2.40. The standard InChI is InChI=1S/C66H41NS2/c1-2-18-47-42(16-1)17-15-21-48(47)43-32-34-44(35-33-43)67(45-36-38-51-49-19-3-5-22-53(49)65(59(51)40-45)55-24-7-11-28-61(55)68-62-29-12-8-25-56(62)65)46-37-39-52-50-20-4-6-23-54(50)66(60(52)41-46)57-26-9-13-30-63(57)69-64-31-14-10-27-58(64)66/h1-41H. The van der Waals surface area contributed by atoms with Crippen LogP contribution in [0.25, 0.3) is 44.2 Å². The lowest BCUT2D eigenvalue weighted by Crippen LogP contribution is -2.32. The molecule has 0 amide bonds. The Bertz CT molecular complexity index is 3650. The van der Waals surface area contributed by atoms with Crippen LogP contribution < -0.4 is 4.90 Å². The highest BCUT2D eigenvalue weighted by molar-refractivity contribution is 7.99. The number of nitrogens with zero attached hydrogens (tertiary/aromatic N) is 1. The predicted octanol–water partition coefficient (Wildman–Crippen LogP) is 17.6. The summed E-state index contributed by atoms with van der Waals surface area (Å²) in [5, 5.41) is 2.50. The van der Waals surface area contributed by atoms with Gasteiger partial charge in [0.25, 0.3) is 0 Å². The highest BCUT2D eigenvalue weighted by Gasteiger charge is 2.52. The van der Waals surface area contributed by atoms with Crippen molar-refractivity contribution in [2.45, 2.75) is 30.4 Å². The quantitative estimate of drug-likeness (QED) is 0.173. The maximum atomic E-state index is 2.52. The first-order valence-electron chi connectivity index (χ1n) is 23.8. The van der Waals surface area contributed by atoms with Crippen LogP contribution in [-0.2, 0) is 10.8 Å². The van der Waals surface area contributed by atoms with Gasteiger partial charge in [-0.15, -0.1) is 0 Å². The van der Waals surface area contributed by atoms with E-state index in [1.807, 2.05) is 23.5 Å². The first-order chi connectivity index (χ1) is 34.2. The van der Waals surface area contributed by atoms with Crippen LogP contribution in [0.2, 0.25) is 0 Å². The summed E-state index contributed by atoms with van der Waals surface area (Å²) in [6.45, 7) is 0. The molecule has 2 aliphatic heterocycles. The van der Waals surface area contributed by atoms with Gasteiger partial charge in [0.1, 0.15) is 0 Å². The van der Waals surface area contributed by atoms with Crippen molar-refractivity contribution in [3.8, 4) is 33.4 Å². The number of hydrogen-bond donors (Lipinski definition) is 0. The van der Waals surface area contributed by atoms with E-state index in [1.165, 1.54) is 108 Å². The Morgan fingerprint density at radius 3 is 1.12 bits per heavy atom. The minimum Gasteiger partial charge on any atom is -0.310 e. The van der Waals surface area contributed by atoms with Crippen molar-refractivity contribution in [1.29, 1.82) is 0 Å². The van der Waals surface area contributed by atoms with E-state index in [0.717, 1.165) is 17.1 Å². The van der Waals surface area contributed by atoms with Crippen molar-refractivity contribution in [1.82, 2.24) is 0 Å². The molecule has 1 nitrogen and oxygen atoms in total. The van der Waals surface area contributed by atoms with E-state index >= 15 is 0 Å². The zero-order chi connectivity index (χ0) is 45.3. The van der Waals surface area contributed by atoms with Gasteiger partial charge < -0.3 is 4.90 Å². The Morgan fingerprint density at radius 2 is 0.623 bits per heavy atom. The first-order valence-corrected chi connectivity index (χ1v) is 25.5. The van der Waals surface area contributed by atoms with Crippen molar-refractivity contribution < 1.29 is 0 Å². The van der Waals surface area contributed by atoms with Crippen molar-refractivity contribution in [2.24, 2.45) is 0 Å². The number of fused-ring (bicyclic) bond motifs is 19. The second-order valence-electron chi connectivity index (χ2n) is 18.6. The summed E-state index contributed by atoms with van der Waals surface area (Å²) in [6, 6.07) is 93.8. The summed E-state index contributed by atoms with van der Waals surface area (Å²) < 4.78 is 0. The molecule has 2 heterocycles. The summed E-state index contributed by atoms with van der Waals surface area (Å²) in [7, 11) is 0. The van der Waals surface area contributed by atoms with Gasteiger partial charge >= 0.3 is 0 Å². The van der Waals surface area contributed by atoms with Gasteiger partial charge in [0, 0.05) is 36.6 Å². The second-order valence-corrected chi connectivity index (χ2v) is 20.8. The van der Waals surface area contributed by atoms with Gasteiger partial charge in [-0.05, 0) is 149 Å². The topological polar surface area (TPSA) is 3.24 Å². The molecule has 0 atom stereocenters. The predicted molar refractivity (Wildman–Crippen MR) is 287 cm³/mol. The highest BCUT2D eigenvalue weighted by atomic mass is 32.2. The molecular weight excluding hydrogens is 871 g/mol. The van der Waals surface area contributed by atoms with Gasteiger partial charge in [0.05, 0.1) is 10.8 Å². The Balaban J connectivity index is 0.997. The monoisotopic (exact) mass is 911 g/mol. The molecule has 69 heavy (non-hydrogen) atoms. The number of anilines is 3. The molecule has 0 unspecified atom stereocenters. The molecule has 2 aliphatic carbocycles. The fraction of sp³-hybridized carbons (Fsp3) is 0.0303. The normalized spacial score (nSPS) is 14.5. The Labute approximate surface area is 410 Å². The number of rotatable bonds is 4. The Hall–Kier alpha value is -7.82. The van der Waals surface area contributed by atoms with Crippen molar-refractivity contribution in [3.63, 3.8) is 0 Å². The zero-order valence-electron chi connectivity index (χ0n) is 37.4. The molecule has 11 aromatic carbocycles. The van der Waals surface area contributed by atoms with Crippen LogP contribution in [-0.4, -0.2) is 0 Å². The van der Waals surface area contributed by atoms with Crippen LogP contribution in [0.3, 0.4) is 0 Å². The van der Waals surface area contributed by atoms with Crippen LogP contribution in [0.5, 0.6) is 0 Å². The lowest BCUT2D eigenvalue weighted by atomic mass is 9.67. The van der Waals surface area contributed by atoms with Crippen LogP contribution >= 0.6 is 23.5 Å². The van der Waals surface area contributed by atoms with Crippen LogP contribution in [0.15, 0.2) is 268 Å². The number of benzene rings is 11. The minimum absolute atomic E-state index is 0.499. The molecule has 0 fully saturated rings. The molecule has 0 N–H and O–H groups in total. The molecule has 2 spiro atoms. The van der Waals surface area contributed by atoms with Gasteiger partial charge in [-0.25, -0.2) is 0 Å². The summed E-state index contributed by atoms with van der Waals surface area (Å²) in [5.41, 5.74) is 20.6. The van der Waals surface area contributed by atoms with E-state index in [4.69, 9.17) is 0 Å². The molecule has 0 bridgehead atoms. The Morgan fingerprint density at radius 1 is 0.261 bits per heavy atom. The third-order valence-electron chi connectivity index (χ3n) is 15.4. The minimum atomic E-state index is -0.499. The van der Waals surface area contributed by atoms with Crippen LogP contribution in [0.4, 0.5) is 17.1 Å². The van der Waals surface area contributed by atoms with E-state index in [9.17, 15) is 0 Å². The molecule has 0 radical (unpaired) electrons. The maximum Gasteiger partial charge on any atom is 0.0736 e. The summed E-state index contributed by atoms with van der Waals surface area (Å²) in [4.78, 5) is 7.74. The third kappa shape index (κ3) is 5.35. The molecule has 0 saturated carbocycles. The van der Waals surface area contributed by atoms with Crippen LogP contribution in [0.1, 0.15) is 44.5 Å². The highest BCUT2D eigenvalue weighted by Crippen LogP contribution is 2.65. The first kappa shape index (κ1) is 39.2. The molecule has 0 saturated heterocycles. The second kappa shape index (κ2) is 14.8. The van der Waals surface area contributed by atoms with Crippen molar-refractivity contribution >= 4 is 51.4 Å². The SMILES string of the molecule is c1ccc2c(c1)Sc1ccccc1C21c2ccccc2-c2ccc(N(c3ccc(-c4cccc5ccccc45)cc3)c3ccc4c(c3)C3(c5ccccc5Sc5ccccc53)c3ccccc3-4)cc21. The Kier molecular flexibility index (Phi) is 8.43. The van der Waals surface area contributed by atoms with Gasteiger partial charge in [0.2, 0.25) is 0 Å². The zero-order valence-corrected chi connectivity index (χ0v) is 39.1. The van der Waals surface area contributed by atoms with Gasteiger partial charge in [0.15, 0.2) is 0 Å². The molecule has 4 aliphatic rings. The molecule has 15 rings (SSSR count). The van der Waals surface area contributed by atoms with E-state index < -0.39 is 10.8 Å². The lowest BCUT2D eigenvalue weighted by molar-refractivity contribution is 0.721. The van der Waals surface area contributed by atoms with Gasteiger partial charge in [-0.3, -0.25) is 0 Å². The average Bonchev–Trinajstić information content (AvgIpc) is 3.86. The third-order valence-corrected chi connectivity index (χ3v) is 17.7. The number of hydrogen-bond acceptors (Lipinski definition) is 3. The summed E-state index contributed by atoms with van der Waals surface area (Å²) in [5.74, 6) is 0. The van der Waals surface area contributed by atoms with E-state index in [0.29, 0.717) is 0 Å². The molecule has 11 aromatic rings. The van der Waals surface area contributed by atoms with Gasteiger partial charge in [-0.2, -0.15) is 0 Å². The largest absolute Gasteiger partial charge is 0.310 e. The van der Waals surface area contributed by atoms with E-state index in [-0.39, 0.29) is 0 Å². The maximum absolute atomic E-state index is 2.52. The van der Waals surface area contributed by atoms with Crippen molar-refractivity contribution in [3.05, 3.63) is 293 Å².